The summed E-state index contributed by atoms with van der Waals surface area (Å²) in [5.41, 5.74) is -0.154. The first-order valence-electron chi connectivity index (χ1n) is 3.56. The zero-order valence-corrected chi connectivity index (χ0v) is 8.21. The van der Waals surface area contributed by atoms with Crippen LogP contribution in [-0.4, -0.2) is 15.1 Å². The second-order valence-corrected chi connectivity index (χ2v) is 3.41. The predicted molar refractivity (Wildman–Crippen MR) is 50.4 cm³/mol. The average molecular weight is 260 g/mol. The summed E-state index contributed by atoms with van der Waals surface area (Å²) in [6.07, 6.45) is 1.40. The number of benzene rings is 1. The van der Waals surface area contributed by atoms with Crippen molar-refractivity contribution in [3.8, 4) is 0 Å². The molecule has 1 heterocycles. The standard InChI is InChI=1S/C7H3BrFN3O2/c8-5-6(9)4(12(13)14)1-3-2-10-11-7(3)5/h1-2H,(H,10,11). The number of hydrogen-bond donors (Lipinski definition) is 1. The summed E-state index contributed by atoms with van der Waals surface area (Å²) in [5, 5.41) is 17.1. The summed E-state index contributed by atoms with van der Waals surface area (Å²) >= 11 is 2.93. The number of nitrogens with zero attached hydrogens (tertiary/aromatic N) is 2. The molecule has 0 unspecified atom stereocenters. The van der Waals surface area contributed by atoms with Gasteiger partial charge in [-0.15, -0.1) is 0 Å². The van der Waals surface area contributed by atoms with Crippen molar-refractivity contribution >= 4 is 32.5 Å². The molecule has 0 atom stereocenters. The molecule has 0 radical (unpaired) electrons. The Balaban J connectivity index is 2.87. The molecule has 0 amide bonds. The van der Waals surface area contributed by atoms with Gasteiger partial charge in [0.25, 0.3) is 0 Å². The number of halogens is 2. The van der Waals surface area contributed by atoms with Crippen LogP contribution in [0.5, 0.6) is 0 Å². The van der Waals surface area contributed by atoms with E-state index in [1.807, 2.05) is 0 Å². The number of rotatable bonds is 1. The van der Waals surface area contributed by atoms with Crippen LogP contribution in [0, 0.1) is 15.9 Å². The topological polar surface area (TPSA) is 71.8 Å². The average Bonchev–Trinajstić information content (AvgIpc) is 2.58. The summed E-state index contributed by atoms with van der Waals surface area (Å²) in [6.45, 7) is 0. The molecule has 5 nitrogen and oxygen atoms in total. The highest BCUT2D eigenvalue weighted by Gasteiger charge is 2.20. The predicted octanol–water partition coefficient (Wildman–Crippen LogP) is 2.37. The molecule has 7 heteroatoms. The van der Waals surface area contributed by atoms with Crippen LogP contribution in [0.25, 0.3) is 10.9 Å². The largest absolute Gasteiger partial charge is 0.306 e. The molecule has 0 aliphatic rings. The van der Waals surface area contributed by atoms with E-state index in [1.54, 1.807) is 0 Å². The van der Waals surface area contributed by atoms with E-state index in [-0.39, 0.29) is 4.47 Å². The fourth-order valence-corrected chi connectivity index (χ4v) is 1.67. The van der Waals surface area contributed by atoms with Gasteiger partial charge in [0, 0.05) is 11.5 Å². The van der Waals surface area contributed by atoms with Crippen LogP contribution in [0.2, 0.25) is 0 Å². The van der Waals surface area contributed by atoms with Crippen molar-refractivity contribution in [1.29, 1.82) is 0 Å². The number of nitro benzene ring substituents is 1. The molecule has 72 valence electrons. The van der Waals surface area contributed by atoms with Crippen LogP contribution in [0.1, 0.15) is 0 Å². The molecule has 1 N–H and O–H groups in total. The fraction of sp³-hybridized carbons (Fsp3) is 0. The zero-order chi connectivity index (χ0) is 10.3. The van der Waals surface area contributed by atoms with Gasteiger partial charge in [0.05, 0.1) is 21.1 Å². The summed E-state index contributed by atoms with van der Waals surface area (Å²) in [5.74, 6) is -0.897. The van der Waals surface area contributed by atoms with Crippen LogP contribution in [0.15, 0.2) is 16.7 Å². The number of fused-ring (bicyclic) bond motifs is 1. The first kappa shape index (κ1) is 9.07. The van der Waals surface area contributed by atoms with Gasteiger partial charge in [0.1, 0.15) is 0 Å². The molecule has 2 aromatic rings. The Morgan fingerprint density at radius 2 is 2.36 bits per heavy atom. The van der Waals surface area contributed by atoms with Gasteiger partial charge in [0.2, 0.25) is 5.82 Å². The Hall–Kier alpha value is -1.50. The first-order valence-corrected chi connectivity index (χ1v) is 4.36. The number of aromatic nitrogens is 2. The molecule has 0 fully saturated rings. The lowest BCUT2D eigenvalue weighted by molar-refractivity contribution is -0.387. The minimum Gasteiger partial charge on any atom is -0.277 e. The van der Waals surface area contributed by atoms with Crippen molar-refractivity contribution in [3.63, 3.8) is 0 Å². The second-order valence-electron chi connectivity index (χ2n) is 2.61. The second kappa shape index (κ2) is 3.02. The van der Waals surface area contributed by atoms with Crippen molar-refractivity contribution in [1.82, 2.24) is 10.2 Å². The smallest absolute Gasteiger partial charge is 0.277 e. The minimum atomic E-state index is -0.897. The monoisotopic (exact) mass is 259 g/mol. The molecular weight excluding hydrogens is 257 g/mol. The number of hydrogen-bond acceptors (Lipinski definition) is 3. The Labute approximate surface area is 85.2 Å². The number of nitrogens with one attached hydrogen (secondary N) is 1. The maximum absolute atomic E-state index is 13.3. The minimum absolute atomic E-state index is 0.0270. The first-order chi connectivity index (χ1) is 6.61. The maximum Gasteiger partial charge on any atom is 0.306 e. The molecule has 1 aromatic heterocycles. The quantitative estimate of drug-likeness (QED) is 0.631. The van der Waals surface area contributed by atoms with Gasteiger partial charge in [-0.3, -0.25) is 15.2 Å². The lowest BCUT2D eigenvalue weighted by Gasteiger charge is -1.97. The van der Waals surface area contributed by atoms with Gasteiger partial charge in [-0.1, -0.05) is 0 Å². The Kier molecular flexibility index (Phi) is 1.95. The van der Waals surface area contributed by atoms with E-state index in [0.717, 1.165) is 6.07 Å². The molecule has 1 aromatic carbocycles. The molecule has 0 aliphatic heterocycles. The van der Waals surface area contributed by atoms with E-state index in [0.29, 0.717) is 10.9 Å². The number of H-pyrrole nitrogens is 1. The molecule has 0 aliphatic carbocycles. The molecule has 0 saturated heterocycles. The number of nitro groups is 1. The Morgan fingerprint density at radius 3 is 3.00 bits per heavy atom. The van der Waals surface area contributed by atoms with E-state index < -0.39 is 16.4 Å². The zero-order valence-electron chi connectivity index (χ0n) is 6.62. The van der Waals surface area contributed by atoms with Gasteiger partial charge >= 0.3 is 5.69 Å². The van der Waals surface area contributed by atoms with Crippen LogP contribution in [0.4, 0.5) is 10.1 Å². The van der Waals surface area contributed by atoms with E-state index in [9.17, 15) is 14.5 Å². The van der Waals surface area contributed by atoms with Crippen molar-refractivity contribution in [3.05, 3.63) is 32.7 Å². The third kappa shape index (κ3) is 1.17. The molecule has 14 heavy (non-hydrogen) atoms. The van der Waals surface area contributed by atoms with Crippen LogP contribution >= 0.6 is 15.9 Å². The Bertz CT molecular complexity index is 525. The van der Waals surface area contributed by atoms with Crippen molar-refractivity contribution < 1.29 is 9.31 Å². The van der Waals surface area contributed by atoms with E-state index in [4.69, 9.17) is 0 Å². The maximum atomic E-state index is 13.3. The van der Waals surface area contributed by atoms with E-state index >= 15 is 0 Å². The van der Waals surface area contributed by atoms with Gasteiger partial charge in [-0.2, -0.15) is 9.49 Å². The number of aromatic amines is 1. The van der Waals surface area contributed by atoms with Gasteiger partial charge in [0.15, 0.2) is 0 Å². The van der Waals surface area contributed by atoms with E-state index in [2.05, 4.69) is 26.1 Å². The summed E-state index contributed by atoms with van der Waals surface area (Å²) < 4.78 is 13.4. The highest BCUT2D eigenvalue weighted by Crippen LogP contribution is 2.31. The lowest BCUT2D eigenvalue weighted by atomic mass is 10.2. The SMILES string of the molecule is O=[N+]([O-])c1cc2cn[nH]c2c(Br)c1F. The molecule has 0 spiro atoms. The van der Waals surface area contributed by atoms with Gasteiger partial charge in [-0.25, -0.2) is 0 Å². The Morgan fingerprint density at radius 1 is 1.64 bits per heavy atom. The highest BCUT2D eigenvalue weighted by atomic mass is 79.9. The molecule has 0 saturated carbocycles. The van der Waals surface area contributed by atoms with Crippen molar-refractivity contribution in [2.45, 2.75) is 0 Å². The van der Waals surface area contributed by atoms with Gasteiger partial charge in [-0.05, 0) is 15.9 Å². The summed E-state index contributed by atoms with van der Waals surface area (Å²) in [6, 6.07) is 1.14. The van der Waals surface area contributed by atoms with Crippen LogP contribution in [-0.2, 0) is 0 Å². The highest BCUT2D eigenvalue weighted by molar-refractivity contribution is 9.10. The third-order valence-electron chi connectivity index (χ3n) is 1.79. The summed E-state index contributed by atoms with van der Waals surface area (Å²) in [4.78, 5) is 9.68. The van der Waals surface area contributed by atoms with Crippen LogP contribution in [0.3, 0.4) is 0 Å². The third-order valence-corrected chi connectivity index (χ3v) is 2.54. The molecular formula is C7H3BrFN3O2. The normalized spacial score (nSPS) is 10.7. The molecule has 2 rings (SSSR count). The van der Waals surface area contributed by atoms with Gasteiger partial charge < -0.3 is 0 Å². The van der Waals surface area contributed by atoms with Crippen molar-refractivity contribution in [2.75, 3.05) is 0 Å². The van der Waals surface area contributed by atoms with E-state index in [1.165, 1.54) is 6.20 Å². The van der Waals surface area contributed by atoms with Crippen molar-refractivity contribution in [2.24, 2.45) is 0 Å². The fourth-order valence-electron chi connectivity index (χ4n) is 1.15. The molecule has 0 bridgehead atoms. The lowest BCUT2D eigenvalue weighted by Crippen LogP contribution is -1.93. The van der Waals surface area contributed by atoms with Crippen LogP contribution < -0.4 is 0 Å². The summed E-state index contributed by atoms with van der Waals surface area (Å²) in [7, 11) is 0.